The number of pyridine rings is 1. The number of nitrogens with two attached hydrogens (primary N) is 2. The van der Waals surface area contributed by atoms with E-state index in [9.17, 15) is 17.6 Å². The highest BCUT2D eigenvalue weighted by atomic mass is 32.2. The molecule has 0 aliphatic rings. The Bertz CT molecular complexity index is 1390. The van der Waals surface area contributed by atoms with Crippen LogP contribution in [0.25, 0.3) is 27.7 Å². The Labute approximate surface area is 201 Å². The Kier molecular flexibility index (Phi) is 7.99. The third kappa shape index (κ3) is 6.31. The quantitative estimate of drug-likeness (QED) is 0.161. The van der Waals surface area contributed by atoms with Gasteiger partial charge in [-0.25, -0.2) is 9.37 Å². The molecule has 0 spiro atoms. The number of hydrogen-bond acceptors (Lipinski definition) is 8. The van der Waals surface area contributed by atoms with Crippen molar-refractivity contribution in [3.63, 3.8) is 0 Å². The van der Waals surface area contributed by atoms with E-state index in [-0.39, 0.29) is 16.9 Å². The van der Waals surface area contributed by atoms with Crippen molar-refractivity contribution in [3.05, 3.63) is 84.3 Å². The van der Waals surface area contributed by atoms with Gasteiger partial charge in [0.2, 0.25) is 0 Å². The van der Waals surface area contributed by atoms with Crippen LogP contribution in [-0.2, 0) is 6.18 Å². The lowest BCUT2D eigenvalue weighted by atomic mass is 10.1. The molecule has 4 aromatic rings. The molecule has 0 bridgehead atoms. The molecule has 0 saturated carbocycles. The summed E-state index contributed by atoms with van der Waals surface area (Å²) in [6.07, 6.45) is 2.72. The number of rotatable bonds is 4. The van der Waals surface area contributed by atoms with Crippen LogP contribution in [0.15, 0.2) is 72.2 Å². The van der Waals surface area contributed by atoms with Crippen LogP contribution in [-0.4, -0.2) is 25.7 Å². The molecule has 0 amide bonds. The highest BCUT2D eigenvalue weighted by molar-refractivity contribution is 7.93. The molecule has 2 aromatic heterocycles. The van der Waals surface area contributed by atoms with Crippen LogP contribution in [0.5, 0.6) is 0 Å². The third-order valence-electron chi connectivity index (χ3n) is 4.61. The van der Waals surface area contributed by atoms with Gasteiger partial charge < -0.3 is 21.4 Å². The summed E-state index contributed by atoms with van der Waals surface area (Å²) in [5.74, 6) is -1.34. The molecule has 0 aliphatic heterocycles. The van der Waals surface area contributed by atoms with Gasteiger partial charge in [-0.2, -0.15) is 13.2 Å². The predicted octanol–water partition coefficient (Wildman–Crippen LogP) is 5.63. The maximum Gasteiger partial charge on any atom is 0.419 e. The molecule has 0 fully saturated rings. The van der Waals surface area contributed by atoms with Crippen molar-refractivity contribution in [1.82, 2.24) is 15.0 Å². The van der Waals surface area contributed by atoms with Crippen molar-refractivity contribution >= 4 is 40.6 Å². The van der Waals surface area contributed by atoms with Gasteiger partial charge in [-0.15, -0.1) is 0 Å². The summed E-state index contributed by atoms with van der Waals surface area (Å²) in [6.45, 7) is 0. The van der Waals surface area contributed by atoms with E-state index in [4.69, 9.17) is 21.4 Å². The van der Waals surface area contributed by atoms with Gasteiger partial charge >= 0.3 is 6.18 Å². The average molecular weight is 502 g/mol. The third-order valence-corrected chi connectivity index (χ3v) is 5.08. The van der Waals surface area contributed by atoms with Crippen LogP contribution in [0.2, 0.25) is 0 Å². The SMILES string of the molecule is N=C/C(=C\N)c1cnc2ccc(-c3cncc(N)c3)cc2n1.OSc1ccc(F)c(C(F)(F)F)c1. The minimum atomic E-state index is -4.73. The lowest BCUT2D eigenvalue weighted by Crippen LogP contribution is -2.07. The van der Waals surface area contributed by atoms with Crippen molar-refractivity contribution < 1.29 is 22.1 Å². The normalized spacial score (nSPS) is 11.6. The fourth-order valence-corrected chi connectivity index (χ4v) is 3.23. The van der Waals surface area contributed by atoms with Crippen LogP contribution in [0.1, 0.15) is 11.3 Å². The molecule has 35 heavy (non-hydrogen) atoms. The Morgan fingerprint density at radius 2 is 1.77 bits per heavy atom. The second-order valence-corrected chi connectivity index (χ2v) is 7.62. The number of halogens is 4. The molecule has 7 nitrogen and oxygen atoms in total. The number of aromatic nitrogens is 3. The van der Waals surface area contributed by atoms with Gasteiger partial charge in [0, 0.05) is 52.9 Å². The number of alkyl halides is 3. The highest BCUT2D eigenvalue weighted by Gasteiger charge is 2.34. The summed E-state index contributed by atoms with van der Waals surface area (Å²) in [4.78, 5) is 12.9. The molecule has 12 heteroatoms. The summed E-state index contributed by atoms with van der Waals surface area (Å²) < 4.78 is 57.1. The van der Waals surface area contributed by atoms with E-state index in [0.29, 0.717) is 29.1 Å². The van der Waals surface area contributed by atoms with E-state index in [1.807, 2.05) is 24.3 Å². The van der Waals surface area contributed by atoms with Gasteiger partial charge in [0.1, 0.15) is 5.82 Å². The Morgan fingerprint density at radius 3 is 2.40 bits per heavy atom. The van der Waals surface area contributed by atoms with Gasteiger partial charge in [0.25, 0.3) is 0 Å². The Morgan fingerprint density at radius 1 is 1.00 bits per heavy atom. The van der Waals surface area contributed by atoms with Crippen LogP contribution in [0.4, 0.5) is 23.2 Å². The second kappa shape index (κ2) is 10.9. The number of nitrogens with zero attached hydrogens (tertiary/aromatic N) is 3. The molecule has 0 atom stereocenters. The van der Waals surface area contributed by atoms with Gasteiger partial charge in [-0.3, -0.25) is 9.97 Å². The van der Waals surface area contributed by atoms with E-state index >= 15 is 0 Å². The predicted molar refractivity (Wildman–Crippen MR) is 128 cm³/mol. The lowest BCUT2D eigenvalue weighted by Gasteiger charge is -2.08. The van der Waals surface area contributed by atoms with Gasteiger partial charge in [-0.1, -0.05) is 6.07 Å². The zero-order chi connectivity index (χ0) is 25.6. The monoisotopic (exact) mass is 502 g/mol. The number of nitrogens with one attached hydrogen (secondary N) is 1. The van der Waals surface area contributed by atoms with Gasteiger partial charge in [-0.05, 0) is 42.0 Å². The average Bonchev–Trinajstić information content (AvgIpc) is 2.84. The minimum absolute atomic E-state index is 0.0475. The van der Waals surface area contributed by atoms with Crippen molar-refractivity contribution in [2.45, 2.75) is 11.1 Å². The van der Waals surface area contributed by atoms with Crippen LogP contribution < -0.4 is 11.5 Å². The summed E-state index contributed by atoms with van der Waals surface area (Å²) in [5.41, 5.74) is 14.9. The van der Waals surface area contributed by atoms with Crippen LogP contribution in [0.3, 0.4) is 0 Å². The zero-order valence-corrected chi connectivity index (χ0v) is 18.6. The topological polar surface area (TPSA) is 135 Å². The van der Waals surface area contributed by atoms with Crippen molar-refractivity contribution in [2.75, 3.05) is 5.73 Å². The number of anilines is 1. The summed E-state index contributed by atoms with van der Waals surface area (Å²) in [6, 6.07) is 9.90. The highest BCUT2D eigenvalue weighted by Crippen LogP contribution is 2.33. The molecule has 2 aromatic carbocycles. The molecule has 4 rings (SSSR count). The number of fused-ring (bicyclic) bond motifs is 1. The maximum absolute atomic E-state index is 12.6. The van der Waals surface area contributed by atoms with E-state index in [1.165, 1.54) is 6.20 Å². The van der Waals surface area contributed by atoms with Crippen molar-refractivity contribution in [3.8, 4) is 11.1 Å². The summed E-state index contributed by atoms with van der Waals surface area (Å²) in [7, 11) is 0. The van der Waals surface area contributed by atoms with E-state index in [2.05, 4.69) is 15.0 Å². The number of benzene rings is 2. The fourth-order valence-electron chi connectivity index (χ4n) is 2.93. The van der Waals surface area contributed by atoms with Crippen LogP contribution in [0, 0.1) is 11.2 Å². The van der Waals surface area contributed by atoms with E-state index in [1.54, 1.807) is 18.6 Å². The smallest absolute Gasteiger partial charge is 0.404 e. The molecule has 180 valence electrons. The molecule has 0 aliphatic carbocycles. The van der Waals surface area contributed by atoms with Gasteiger partial charge in [0.05, 0.1) is 34.2 Å². The lowest BCUT2D eigenvalue weighted by molar-refractivity contribution is -0.140. The van der Waals surface area contributed by atoms with Gasteiger partial charge in [0.15, 0.2) is 0 Å². The maximum atomic E-state index is 12.6. The first-order valence-corrected chi connectivity index (χ1v) is 10.5. The van der Waals surface area contributed by atoms with Crippen LogP contribution >= 0.6 is 12.0 Å². The number of allylic oxidation sites excluding steroid dienone is 1. The van der Waals surface area contributed by atoms with Crippen molar-refractivity contribution in [1.29, 1.82) is 5.41 Å². The fraction of sp³-hybridized carbons (Fsp3) is 0.0435. The standard InChI is InChI=1S/C16H14N6.C7H4F4OS/c17-5-12(6-18)16-9-21-14-2-1-10(4-15(14)22-16)11-3-13(19)8-20-7-11;8-6-2-1-4(13-12)3-5(6)7(9,10)11/h1-9,17H,18-19H2;1-3,12H/b12-6+,17-5?;. The zero-order valence-electron chi connectivity index (χ0n) is 17.8. The minimum Gasteiger partial charge on any atom is -0.404 e. The molecule has 0 radical (unpaired) electrons. The molecule has 0 saturated heterocycles. The Balaban J connectivity index is 0.000000225. The molecule has 6 N–H and O–H groups in total. The Hall–Kier alpha value is -4.03. The first-order chi connectivity index (χ1) is 16.7. The summed E-state index contributed by atoms with van der Waals surface area (Å²) >= 11 is 0.141. The first kappa shape index (κ1) is 25.6. The molecular formula is C23H18F4N6OS. The molecular weight excluding hydrogens is 484 g/mol. The van der Waals surface area contributed by atoms with E-state index < -0.39 is 17.6 Å². The number of nitrogen functional groups attached to an aromatic ring is 1. The van der Waals surface area contributed by atoms with Crippen molar-refractivity contribution in [2.24, 2.45) is 5.73 Å². The molecule has 0 unspecified atom stereocenters. The second-order valence-electron chi connectivity index (χ2n) is 6.96. The summed E-state index contributed by atoms with van der Waals surface area (Å²) in [5, 5.41) is 7.34. The number of hydrogen-bond donors (Lipinski definition) is 4. The first-order valence-electron chi connectivity index (χ1n) is 9.75. The van der Waals surface area contributed by atoms with E-state index in [0.717, 1.165) is 34.4 Å². The largest absolute Gasteiger partial charge is 0.419 e. The molecule has 2 heterocycles.